The van der Waals surface area contributed by atoms with E-state index in [1.165, 1.54) is 0 Å². The monoisotopic (exact) mass is 289 g/mol. The van der Waals surface area contributed by atoms with Gasteiger partial charge in [-0.05, 0) is 37.8 Å². The molecule has 0 amide bonds. The Bertz CT molecular complexity index is 640. The average Bonchev–Trinajstić information content (AvgIpc) is 3.08. The summed E-state index contributed by atoms with van der Waals surface area (Å²) >= 11 is 1.54. The highest BCUT2D eigenvalue weighted by Crippen LogP contribution is 2.28. The molecule has 0 spiro atoms. The minimum atomic E-state index is -0.943. The first-order valence-corrected chi connectivity index (χ1v) is 7.45. The molecule has 0 aromatic carbocycles. The smallest absolute Gasteiger partial charge is 0.339 e. The molecular weight excluding hydrogens is 274 g/mol. The molecule has 2 aromatic heterocycles. The Morgan fingerprint density at radius 2 is 2.35 bits per heavy atom. The van der Waals surface area contributed by atoms with E-state index in [1.54, 1.807) is 23.6 Å². The summed E-state index contributed by atoms with van der Waals surface area (Å²) in [7, 11) is 0. The van der Waals surface area contributed by atoms with Crippen LogP contribution in [0, 0.1) is 0 Å². The molecule has 2 aromatic rings. The number of nitrogens with zero attached hydrogens (tertiary/aromatic N) is 2. The van der Waals surface area contributed by atoms with E-state index in [0.29, 0.717) is 5.82 Å². The second-order valence-corrected chi connectivity index (χ2v) is 5.81. The zero-order chi connectivity index (χ0) is 14.1. The number of carbonyl (C=O) groups is 1. The molecule has 1 unspecified atom stereocenters. The zero-order valence-electron chi connectivity index (χ0n) is 11.1. The molecule has 20 heavy (non-hydrogen) atoms. The van der Waals surface area contributed by atoms with Gasteiger partial charge in [0.05, 0.1) is 6.04 Å². The number of pyridine rings is 1. The molecule has 2 heterocycles. The van der Waals surface area contributed by atoms with E-state index in [2.05, 4.69) is 15.3 Å². The standard InChI is InChI=1S/C14H15N3O2S/c1-8(13-15-5-6-20-13)16-12-10(14(18)19)7-9-3-2-4-11(9)17-12/h5-8H,2-4H2,1H3,(H,16,17)(H,18,19). The SMILES string of the molecule is CC(Nc1nc2c(cc1C(=O)O)CCC2)c1nccs1. The molecule has 1 aliphatic carbocycles. The lowest BCUT2D eigenvalue weighted by molar-refractivity contribution is 0.0697. The zero-order valence-corrected chi connectivity index (χ0v) is 11.9. The highest BCUT2D eigenvalue weighted by molar-refractivity contribution is 7.09. The topological polar surface area (TPSA) is 75.1 Å². The van der Waals surface area contributed by atoms with Gasteiger partial charge in [0.25, 0.3) is 0 Å². The molecule has 0 saturated carbocycles. The Balaban J connectivity index is 1.94. The largest absolute Gasteiger partial charge is 0.478 e. The maximum atomic E-state index is 11.4. The van der Waals surface area contributed by atoms with Crippen molar-refractivity contribution in [2.75, 3.05) is 5.32 Å². The Morgan fingerprint density at radius 3 is 3.05 bits per heavy atom. The lowest BCUT2D eigenvalue weighted by Crippen LogP contribution is -2.13. The lowest BCUT2D eigenvalue weighted by atomic mass is 10.1. The predicted molar refractivity (Wildman–Crippen MR) is 77.4 cm³/mol. The van der Waals surface area contributed by atoms with Crippen molar-refractivity contribution < 1.29 is 9.90 Å². The van der Waals surface area contributed by atoms with Crippen molar-refractivity contribution in [3.8, 4) is 0 Å². The third-order valence-electron chi connectivity index (χ3n) is 3.46. The van der Waals surface area contributed by atoms with Gasteiger partial charge in [-0.1, -0.05) is 0 Å². The van der Waals surface area contributed by atoms with Gasteiger partial charge < -0.3 is 10.4 Å². The fourth-order valence-corrected chi connectivity index (χ4v) is 3.11. The fourth-order valence-electron chi connectivity index (χ4n) is 2.46. The van der Waals surface area contributed by atoms with Crippen molar-refractivity contribution in [3.05, 3.63) is 39.5 Å². The molecule has 0 saturated heterocycles. The number of thiazole rings is 1. The van der Waals surface area contributed by atoms with E-state index >= 15 is 0 Å². The Labute approximate surface area is 120 Å². The Kier molecular flexibility index (Phi) is 3.40. The molecule has 3 rings (SSSR count). The summed E-state index contributed by atoms with van der Waals surface area (Å²) in [5.41, 5.74) is 2.33. The first-order chi connectivity index (χ1) is 9.65. The van der Waals surface area contributed by atoms with Crippen molar-refractivity contribution in [2.24, 2.45) is 0 Å². The van der Waals surface area contributed by atoms with Gasteiger partial charge in [-0.3, -0.25) is 0 Å². The van der Waals surface area contributed by atoms with E-state index in [4.69, 9.17) is 0 Å². The van der Waals surface area contributed by atoms with Crippen molar-refractivity contribution >= 4 is 23.1 Å². The number of anilines is 1. The van der Waals surface area contributed by atoms with Gasteiger partial charge in [0, 0.05) is 17.3 Å². The van der Waals surface area contributed by atoms with E-state index in [9.17, 15) is 9.90 Å². The van der Waals surface area contributed by atoms with Crippen LogP contribution in [0.25, 0.3) is 0 Å². The number of rotatable bonds is 4. The summed E-state index contributed by atoms with van der Waals surface area (Å²) in [4.78, 5) is 20.1. The van der Waals surface area contributed by atoms with Crippen molar-refractivity contribution in [2.45, 2.75) is 32.2 Å². The van der Waals surface area contributed by atoms with Gasteiger partial charge in [-0.2, -0.15) is 0 Å². The molecule has 1 aliphatic rings. The number of aromatic carboxylic acids is 1. The van der Waals surface area contributed by atoms with Crippen LogP contribution in [0.3, 0.4) is 0 Å². The van der Waals surface area contributed by atoms with Crippen molar-refractivity contribution in [1.82, 2.24) is 9.97 Å². The molecule has 2 N–H and O–H groups in total. The van der Waals surface area contributed by atoms with Crippen LogP contribution in [-0.2, 0) is 12.8 Å². The molecule has 1 atom stereocenters. The molecule has 0 radical (unpaired) electrons. The first-order valence-electron chi connectivity index (χ1n) is 6.57. The third kappa shape index (κ3) is 2.38. The molecule has 0 fully saturated rings. The summed E-state index contributed by atoms with van der Waals surface area (Å²) < 4.78 is 0. The number of hydrogen-bond acceptors (Lipinski definition) is 5. The molecule has 0 bridgehead atoms. The maximum absolute atomic E-state index is 11.4. The molecule has 5 nitrogen and oxygen atoms in total. The minimum Gasteiger partial charge on any atom is -0.478 e. The Hall–Kier alpha value is -1.95. The van der Waals surface area contributed by atoms with Crippen LogP contribution in [0.1, 0.15) is 46.0 Å². The number of carboxylic acids is 1. The second kappa shape index (κ2) is 5.20. The minimum absolute atomic E-state index is 0.0555. The van der Waals surface area contributed by atoms with Crippen LogP contribution in [0.2, 0.25) is 0 Å². The predicted octanol–water partition coefficient (Wildman–Crippen LogP) is 2.90. The van der Waals surface area contributed by atoms with E-state index in [1.807, 2.05) is 12.3 Å². The number of carboxylic acid groups (broad SMARTS) is 1. The summed E-state index contributed by atoms with van der Waals surface area (Å²) in [5.74, 6) is -0.498. The number of fused-ring (bicyclic) bond motifs is 1. The van der Waals surface area contributed by atoms with E-state index < -0.39 is 5.97 Å². The third-order valence-corrected chi connectivity index (χ3v) is 4.41. The number of hydrogen-bond donors (Lipinski definition) is 2. The van der Waals surface area contributed by atoms with Gasteiger partial charge in [0.15, 0.2) is 0 Å². The average molecular weight is 289 g/mol. The second-order valence-electron chi connectivity index (χ2n) is 4.89. The van der Waals surface area contributed by atoms with Crippen molar-refractivity contribution in [3.63, 3.8) is 0 Å². The van der Waals surface area contributed by atoms with Gasteiger partial charge >= 0.3 is 5.97 Å². The van der Waals surface area contributed by atoms with E-state index in [0.717, 1.165) is 35.5 Å². The van der Waals surface area contributed by atoms with Gasteiger partial charge in [-0.25, -0.2) is 14.8 Å². The fraction of sp³-hybridized carbons (Fsp3) is 0.357. The summed E-state index contributed by atoms with van der Waals surface area (Å²) in [5, 5.41) is 15.4. The first kappa shape index (κ1) is 13.1. The summed E-state index contributed by atoms with van der Waals surface area (Å²) in [6.07, 6.45) is 4.64. The van der Waals surface area contributed by atoms with Crippen LogP contribution in [0.15, 0.2) is 17.6 Å². The quantitative estimate of drug-likeness (QED) is 0.905. The normalized spacial score (nSPS) is 14.8. The molecule has 0 aliphatic heterocycles. The van der Waals surface area contributed by atoms with Gasteiger partial charge in [0.2, 0.25) is 0 Å². The summed E-state index contributed by atoms with van der Waals surface area (Å²) in [6.45, 7) is 1.96. The highest BCUT2D eigenvalue weighted by Gasteiger charge is 2.21. The summed E-state index contributed by atoms with van der Waals surface area (Å²) in [6, 6.07) is 1.70. The lowest BCUT2D eigenvalue weighted by Gasteiger charge is -2.15. The van der Waals surface area contributed by atoms with Gasteiger partial charge in [-0.15, -0.1) is 11.3 Å². The Morgan fingerprint density at radius 1 is 1.50 bits per heavy atom. The van der Waals surface area contributed by atoms with Crippen molar-refractivity contribution in [1.29, 1.82) is 0 Å². The van der Waals surface area contributed by atoms with E-state index in [-0.39, 0.29) is 11.6 Å². The van der Waals surface area contributed by atoms with Gasteiger partial charge in [0.1, 0.15) is 16.4 Å². The molecular formula is C14H15N3O2S. The number of aryl methyl sites for hydroxylation is 2. The van der Waals surface area contributed by atoms with Crippen LogP contribution in [0.5, 0.6) is 0 Å². The number of nitrogens with one attached hydrogen (secondary N) is 1. The molecule has 6 heteroatoms. The maximum Gasteiger partial charge on any atom is 0.339 e. The highest BCUT2D eigenvalue weighted by atomic mass is 32.1. The van der Waals surface area contributed by atoms with Crippen LogP contribution in [0.4, 0.5) is 5.82 Å². The number of aromatic nitrogens is 2. The molecule has 104 valence electrons. The van der Waals surface area contributed by atoms with Crippen LogP contribution >= 0.6 is 11.3 Å². The van der Waals surface area contributed by atoms with Crippen LogP contribution in [-0.4, -0.2) is 21.0 Å². The van der Waals surface area contributed by atoms with Crippen LogP contribution < -0.4 is 5.32 Å².